The van der Waals surface area contributed by atoms with Gasteiger partial charge in [-0.15, -0.1) is 0 Å². The third kappa shape index (κ3) is 5.21. The number of methoxy groups -OCH3 is 1. The van der Waals surface area contributed by atoms with Crippen LogP contribution in [0.1, 0.15) is 59.0 Å². The number of nitrogens with one attached hydrogen (secondary N) is 1. The maximum Gasteiger partial charge on any atom is 0.273 e. The van der Waals surface area contributed by atoms with Crippen molar-refractivity contribution in [3.8, 4) is 17.2 Å². The number of carbonyl (C=O) groups excluding carboxylic acids is 3. The van der Waals surface area contributed by atoms with Crippen LogP contribution in [0.2, 0.25) is 0 Å². The first-order valence-electron chi connectivity index (χ1n) is 11.8. The molecule has 5 N–H and O–H groups in total. The number of hydrogen-bond acceptors (Lipinski definition) is 9. The number of carbonyl (C=O) groups is 3. The van der Waals surface area contributed by atoms with Gasteiger partial charge in [0.25, 0.3) is 11.8 Å². The Morgan fingerprint density at radius 3 is 2.45 bits per heavy atom. The maximum absolute atomic E-state index is 14.2. The number of nitrogens with two attached hydrogens (primary N) is 2. The van der Waals surface area contributed by atoms with E-state index in [9.17, 15) is 14.4 Å². The van der Waals surface area contributed by atoms with Crippen LogP contribution in [0.4, 0.5) is 11.4 Å². The van der Waals surface area contributed by atoms with E-state index in [1.165, 1.54) is 12.0 Å². The van der Waals surface area contributed by atoms with Gasteiger partial charge < -0.3 is 31.0 Å². The minimum absolute atomic E-state index is 0.0301. The molecule has 0 spiro atoms. The molecule has 0 radical (unpaired) electrons. The van der Waals surface area contributed by atoms with Gasteiger partial charge >= 0.3 is 0 Å². The average molecular weight is 540 g/mol. The van der Waals surface area contributed by atoms with E-state index in [1.807, 2.05) is 20.8 Å². The fourth-order valence-corrected chi connectivity index (χ4v) is 4.59. The number of ether oxygens (including phenoxy) is 3. The number of nitrogen functional groups attached to an aromatic ring is 1. The van der Waals surface area contributed by atoms with Crippen LogP contribution in [0, 0.1) is 0 Å². The van der Waals surface area contributed by atoms with Crippen molar-refractivity contribution in [2.75, 3.05) is 24.5 Å². The predicted octanol–water partition coefficient (Wildman–Crippen LogP) is 3.25. The van der Waals surface area contributed by atoms with Crippen molar-refractivity contribution >= 4 is 40.6 Å². The summed E-state index contributed by atoms with van der Waals surface area (Å²) < 4.78 is 20.2. The van der Waals surface area contributed by atoms with Crippen molar-refractivity contribution in [1.29, 1.82) is 0 Å². The Hall–Kier alpha value is -4.32. The normalized spacial score (nSPS) is 13.1. The lowest BCUT2D eigenvalue weighted by Gasteiger charge is -2.34. The van der Waals surface area contributed by atoms with Gasteiger partial charge in [0, 0.05) is 17.3 Å². The van der Waals surface area contributed by atoms with E-state index < -0.39 is 29.3 Å². The third-order valence-corrected chi connectivity index (χ3v) is 7.14. The molecule has 0 saturated heterocycles. The first kappa shape index (κ1) is 26.7. The Morgan fingerprint density at radius 2 is 1.84 bits per heavy atom. The SMILES string of the molecule is CCC(C)(C)NC(=O)[C@@H](c1ccc(OC)cc1)N(C(=O)c1snc(C(N)=O)c1N)c1ccc2c(c1)OCO2. The van der Waals surface area contributed by atoms with Crippen molar-refractivity contribution in [3.05, 3.63) is 58.6 Å². The van der Waals surface area contributed by atoms with Crippen LogP contribution >= 0.6 is 11.5 Å². The third-order valence-electron chi connectivity index (χ3n) is 6.29. The van der Waals surface area contributed by atoms with Crippen molar-refractivity contribution in [1.82, 2.24) is 9.69 Å². The second-order valence-electron chi connectivity index (χ2n) is 9.25. The molecule has 3 amide bonds. The van der Waals surface area contributed by atoms with Gasteiger partial charge in [0.1, 0.15) is 16.7 Å². The lowest BCUT2D eigenvalue weighted by molar-refractivity contribution is -0.124. The van der Waals surface area contributed by atoms with Gasteiger partial charge in [0.05, 0.1) is 12.8 Å². The number of rotatable bonds is 9. The van der Waals surface area contributed by atoms with Gasteiger partial charge in [-0.1, -0.05) is 19.1 Å². The molecule has 200 valence electrons. The summed E-state index contributed by atoms with van der Waals surface area (Å²) in [4.78, 5) is 41.2. The summed E-state index contributed by atoms with van der Waals surface area (Å²) in [5.41, 5.74) is 11.4. The molecule has 1 aliphatic rings. The number of benzene rings is 2. The van der Waals surface area contributed by atoms with Gasteiger partial charge in [-0.2, -0.15) is 4.37 Å². The Bertz CT molecular complexity index is 1370. The molecule has 3 aromatic rings. The highest BCUT2D eigenvalue weighted by Crippen LogP contribution is 2.40. The lowest BCUT2D eigenvalue weighted by Crippen LogP contribution is -2.50. The zero-order chi connectivity index (χ0) is 27.6. The van der Waals surface area contributed by atoms with Crippen LogP contribution < -0.4 is 35.9 Å². The van der Waals surface area contributed by atoms with Gasteiger partial charge in [-0.05, 0) is 61.6 Å². The van der Waals surface area contributed by atoms with E-state index in [0.717, 1.165) is 11.5 Å². The summed E-state index contributed by atoms with van der Waals surface area (Å²) in [5, 5.41) is 3.04. The fourth-order valence-electron chi connectivity index (χ4n) is 3.85. The van der Waals surface area contributed by atoms with Crippen LogP contribution in [-0.4, -0.2) is 41.5 Å². The van der Waals surface area contributed by atoms with Gasteiger partial charge in [-0.25, -0.2) is 0 Å². The quantitative estimate of drug-likeness (QED) is 0.374. The number of fused-ring (bicyclic) bond motifs is 1. The molecule has 1 atom stereocenters. The van der Waals surface area contributed by atoms with E-state index in [0.29, 0.717) is 34.9 Å². The summed E-state index contributed by atoms with van der Waals surface area (Å²) in [7, 11) is 1.54. The fraction of sp³-hybridized carbons (Fsp3) is 0.308. The summed E-state index contributed by atoms with van der Waals surface area (Å²) >= 11 is 0.734. The molecule has 38 heavy (non-hydrogen) atoms. The molecule has 0 unspecified atom stereocenters. The molecular weight excluding hydrogens is 510 g/mol. The largest absolute Gasteiger partial charge is 0.497 e. The highest BCUT2D eigenvalue weighted by Gasteiger charge is 2.38. The van der Waals surface area contributed by atoms with E-state index in [4.69, 9.17) is 25.7 Å². The van der Waals surface area contributed by atoms with Gasteiger partial charge in [-0.3, -0.25) is 19.3 Å². The molecule has 1 aromatic heterocycles. The monoisotopic (exact) mass is 539 g/mol. The second-order valence-corrected chi connectivity index (χ2v) is 10.0. The van der Waals surface area contributed by atoms with Crippen LogP contribution in [0.3, 0.4) is 0 Å². The number of primary amides is 1. The second kappa shape index (κ2) is 10.6. The number of anilines is 2. The highest BCUT2D eigenvalue weighted by atomic mass is 32.1. The Balaban J connectivity index is 1.91. The number of nitrogens with zero attached hydrogens (tertiary/aromatic N) is 2. The summed E-state index contributed by atoms with van der Waals surface area (Å²) in [6.07, 6.45) is 0.649. The van der Waals surface area contributed by atoms with Crippen LogP contribution in [0.25, 0.3) is 0 Å². The van der Waals surface area contributed by atoms with Crippen molar-refractivity contribution in [2.24, 2.45) is 5.73 Å². The molecular formula is C26H29N5O6S. The van der Waals surface area contributed by atoms with Crippen molar-refractivity contribution in [2.45, 2.75) is 38.8 Å². The van der Waals surface area contributed by atoms with E-state index in [-0.39, 0.29) is 23.1 Å². The van der Waals surface area contributed by atoms with Crippen molar-refractivity contribution < 1.29 is 28.6 Å². The lowest BCUT2D eigenvalue weighted by atomic mass is 9.98. The summed E-state index contributed by atoms with van der Waals surface area (Å²) in [5.74, 6) is -0.421. The average Bonchev–Trinajstić information content (AvgIpc) is 3.52. The van der Waals surface area contributed by atoms with Crippen LogP contribution in [0.15, 0.2) is 42.5 Å². The van der Waals surface area contributed by atoms with E-state index >= 15 is 0 Å². The molecule has 1 aliphatic heterocycles. The molecule has 0 fully saturated rings. The summed E-state index contributed by atoms with van der Waals surface area (Å²) in [6, 6.07) is 10.6. The summed E-state index contributed by atoms with van der Waals surface area (Å²) in [6.45, 7) is 5.77. The topological polar surface area (TPSA) is 159 Å². The molecule has 0 saturated carbocycles. The molecule has 2 heterocycles. The highest BCUT2D eigenvalue weighted by molar-refractivity contribution is 7.09. The first-order chi connectivity index (χ1) is 18.1. The molecule has 12 heteroatoms. The molecule has 2 aromatic carbocycles. The minimum Gasteiger partial charge on any atom is -0.497 e. The zero-order valence-corrected chi connectivity index (χ0v) is 22.3. The number of hydrogen-bond donors (Lipinski definition) is 3. The molecule has 4 rings (SSSR count). The predicted molar refractivity (Wildman–Crippen MR) is 143 cm³/mol. The van der Waals surface area contributed by atoms with Gasteiger partial charge in [0.2, 0.25) is 12.7 Å². The zero-order valence-electron chi connectivity index (χ0n) is 21.4. The minimum atomic E-state index is -1.14. The Morgan fingerprint density at radius 1 is 1.16 bits per heavy atom. The smallest absolute Gasteiger partial charge is 0.273 e. The molecule has 0 bridgehead atoms. The number of amides is 3. The first-order valence-corrected chi connectivity index (χ1v) is 12.6. The molecule has 11 nitrogen and oxygen atoms in total. The maximum atomic E-state index is 14.2. The Kier molecular flexibility index (Phi) is 7.44. The van der Waals surface area contributed by atoms with Crippen LogP contribution in [0.5, 0.6) is 17.2 Å². The molecule has 0 aliphatic carbocycles. The van der Waals surface area contributed by atoms with Crippen LogP contribution in [-0.2, 0) is 4.79 Å². The van der Waals surface area contributed by atoms with Crippen molar-refractivity contribution in [3.63, 3.8) is 0 Å². The van der Waals surface area contributed by atoms with Gasteiger partial charge in [0.15, 0.2) is 17.2 Å². The van der Waals surface area contributed by atoms with E-state index in [2.05, 4.69) is 9.69 Å². The Labute approximate surface area is 223 Å². The standard InChI is InChI=1S/C26H29N5O6S/c1-5-26(2,3)29-24(33)21(14-6-9-16(35-4)10-7-14)31(15-8-11-17-18(12-15)37-13-36-17)25(34)22-19(27)20(23(28)32)30-38-22/h6-12,21H,5,13,27H2,1-4H3,(H2,28,32)(H,29,33)/t21-/m1/s1. The number of aromatic nitrogens is 1. The van der Waals surface area contributed by atoms with E-state index in [1.54, 1.807) is 42.5 Å².